The normalized spacial score (nSPS) is 27.7. The van der Waals surface area contributed by atoms with Gasteiger partial charge < -0.3 is 24.1 Å². The van der Waals surface area contributed by atoms with Crippen molar-refractivity contribution in [3.63, 3.8) is 0 Å². The maximum atomic E-state index is 11.7. The van der Waals surface area contributed by atoms with E-state index in [1.165, 1.54) is 14.0 Å². The fraction of sp³-hybridized carbons (Fsp3) is 0.480. The number of carbonyl (C=O) groups is 1. The molecule has 4 unspecified atom stereocenters. The van der Waals surface area contributed by atoms with Gasteiger partial charge in [-0.2, -0.15) is 0 Å². The Morgan fingerprint density at radius 2 is 1.94 bits per heavy atom. The molecule has 0 bridgehead atoms. The van der Waals surface area contributed by atoms with Crippen LogP contribution in [-0.4, -0.2) is 36.7 Å². The number of methoxy groups -OCH3 is 1. The number of rotatable bonds is 7. The average molecular weight is 463 g/mol. The predicted octanol–water partition coefficient (Wildman–Crippen LogP) is 4.83. The van der Waals surface area contributed by atoms with Gasteiger partial charge in [-0.15, -0.1) is 0 Å². The molecule has 1 saturated heterocycles. The lowest BCUT2D eigenvalue weighted by Crippen LogP contribution is -2.57. The molecule has 174 valence electrons. The highest BCUT2D eigenvalue weighted by Gasteiger charge is 2.54. The summed E-state index contributed by atoms with van der Waals surface area (Å²) in [5, 5.41) is 12.3. The molecule has 0 radical (unpaired) electrons. The highest BCUT2D eigenvalue weighted by molar-refractivity contribution is 6.31. The van der Waals surface area contributed by atoms with E-state index in [4.69, 9.17) is 30.5 Å². The summed E-state index contributed by atoms with van der Waals surface area (Å²) in [5.41, 5.74) is 2.42. The standard InChI is InChI=1S/C25H31ClO6/c1-6-30-21-10-7-18(8-11-21)13-19-14-20(9-12-22(19)26)25(28)16(2)23(31-17(3)27)15-24(4,29-5)32-25/h7-12,14,16,23,28H,6,13,15H2,1-5H3. The molecule has 2 aromatic rings. The second-order valence-electron chi connectivity index (χ2n) is 8.34. The molecule has 2 aromatic carbocycles. The van der Waals surface area contributed by atoms with Gasteiger partial charge in [0.15, 0.2) is 5.79 Å². The van der Waals surface area contributed by atoms with Crippen molar-refractivity contribution >= 4 is 17.6 Å². The van der Waals surface area contributed by atoms with E-state index in [1.54, 1.807) is 26.0 Å². The molecular weight excluding hydrogens is 432 g/mol. The van der Waals surface area contributed by atoms with Crippen LogP contribution in [0.25, 0.3) is 0 Å². The van der Waals surface area contributed by atoms with Crippen molar-refractivity contribution in [1.82, 2.24) is 0 Å². The van der Waals surface area contributed by atoms with Crippen molar-refractivity contribution in [3.05, 3.63) is 64.2 Å². The van der Waals surface area contributed by atoms with Crippen LogP contribution < -0.4 is 4.74 Å². The Kier molecular flexibility index (Phi) is 7.50. The van der Waals surface area contributed by atoms with Gasteiger partial charge in [0.1, 0.15) is 11.9 Å². The summed E-state index contributed by atoms with van der Waals surface area (Å²) < 4.78 is 22.6. The van der Waals surface area contributed by atoms with E-state index in [2.05, 4.69) is 0 Å². The smallest absolute Gasteiger partial charge is 0.302 e. The molecule has 1 fully saturated rings. The number of benzene rings is 2. The fourth-order valence-corrected chi connectivity index (χ4v) is 4.27. The van der Waals surface area contributed by atoms with Gasteiger partial charge in [-0.05, 0) is 55.7 Å². The van der Waals surface area contributed by atoms with Gasteiger partial charge in [-0.3, -0.25) is 4.79 Å². The molecule has 1 heterocycles. The van der Waals surface area contributed by atoms with Crippen LogP contribution in [0.3, 0.4) is 0 Å². The highest BCUT2D eigenvalue weighted by Crippen LogP contribution is 2.46. The van der Waals surface area contributed by atoms with Crippen molar-refractivity contribution < 1.29 is 28.8 Å². The lowest BCUT2D eigenvalue weighted by atomic mass is 9.81. The van der Waals surface area contributed by atoms with Crippen molar-refractivity contribution in [2.24, 2.45) is 5.92 Å². The van der Waals surface area contributed by atoms with Crippen LogP contribution in [-0.2, 0) is 31.2 Å². The second kappa shape index (κ2) is 9.79. The lowest BCUT2D eigenvalue weighted by Gasteiger charge is -2.49. The van der Waals surface area contributed by atoms with Crippen molar-refractivity contribution in [2.45, 2.75) is 58.2 Å². The van der Waals surface area contributed by atoms with E-state index in [-0.39, 0.29) is 0 Å². The molecule has 4 atom stereocenters. The van der Waals surface area contributed by atoms with Crippen LogP contribution >= 0.6 is 11.6 Å². The maximum absolute atomic E-state index is 11.7. The Morgan fingerprint density at radius 1 is 1.25 bits per heavy atom. The number of carbonyl (C=O) groups excluding carboxylic acids is 1. The number of aliphatic hydroxyl groups is 1. The van der Waals surface area contributed by atoms with E-state index in [9.17, 15) is 9.90 Å². The van der Waals surface area contributed by atoms with E-state index >= 15 is 0 Å². The molecule has 0 aliphatic carbocycles. The van der Waals surface area contributed by atoms with Gasteiger partial charge in [0.25, 0.3) is 0 Å². The summed E-state index contributed by atoms with van der Waals surface area (Å²) in [5.74, 6) is -3.01. The number of halogens is 1. The SMILES string of the molecule is CCOc1ccc(Cc2cc(C3(O)OC(C)(OC)CC(OC(C)=O)C3C)ccc2Cl)cc1. The molecular formula is C25H31ClO6. The summed E-state index contributed by atoms with van der Waals surface area (Å²) in [7, 11) is 1.50. The van der Waals surface area contributed by atoms with E-state index in [0.29, 0.717) is 30.0 Å². The van der Waals surface area contributed by atoms with Crippen LogP contribution in [0.15, 0.2) is 42.5 Å². The highest BCUT2D eigenvalue weighted by atomic mass is 35.5. The Balaban J connectivity index is 1.94. The lowest BCUT2D eigenvalue weighted by molar-refractivity contribution is -0.397. The van der Waals surface area contributed by atoms with E-state index < -0.39 is 29.6 Å². The summed E-state index contributed by atoms with van der Waals surface area (Å²) in [4.78, 5) is 11.7. The van der Waals surface area contributed by atoms with Gasteiger partial charge in [0.2, 0.25) is 5.79 Å². The number of ether oxygens (including phenoxy) is 4. The Bertz CT molecular complexity index is 946. The van der Waals surface area contributed by atoms with Gasteiger partial charge >= 0.3 is 5.97 Å². The van der Waals surface area contributed by atoms with Crippen LogP contribution in [0.2, 0.25) is 5.02 Å². The molecule has 32 heavy (non-hydrogen) atoms. The van der Waals surface area contributed by atoms with Crippen LogP contribution in [0.5, 0.6) is 5.75 Å². The maximum Gasteiger partial charge on any atom is 0.302 e. The molecule has 0 spiro atoms. The first-order valence-corrected chi connectivity index (χ1v) is 11.1. The van der Waals surface area contributed by atoms with Crippen molar-refractivity contribution in [3.8, 4) is 5.75 Å². The van der Waals surface area contributed by atoms with E-state index in [1.807, 2.05) is 37.3 Å². The molecule has 0 amide bonds. The Morgan fingerprint density at radius 3 is 2.53 bits per heavy atom. The third-order valence-electron chi connectivity index (χ3n) is 5.96. The first-order valence-electron chi connectivity index (χ1n) is 10.8. The van der Waals surface area contributed by atoms with Gasteiger partial charge in [0.05, 0.1) is 12.5 Å². The fourth-order valence-electron chi connectivity index (χ4n) is 4.08. The Labute approximate surface area is 194 Å². The molecule has 0 aromatic heterocycles. The van der Waals surface area contributed by atoms with E-state index in [0.717, 1.165) is 16.9 Å². The molecule has 7 heteroatoms. The zero-order valence-corrected chi connectivity index (χ0v) is 19.9. The van der Waals surface area contributed by atoms with Crippen LogP contribution in [0, 0.1) is 5.92 Å². The average Bonchev–Trinajstić information content (AvgIpc) is 2.74. The van der Waals surface area contributed by atoms with Gasteiger partial charge in [-0.25, -0.2) is 0 Å². The molecule has 1 N–H and O–H groups in total. The molecule has 0 saturated carbocycles. The zero-order valence-electron chi connectivity index (χ0n) is 19.2. The van der Waals surface area contributed by atoms with Crippen LogP contribution in [0.4, 0.5) is 0 Å². The zero-order chi connectivity index (χ0) is 23.5. The molecule has 1 aliphatic heterocycles. The predicted molar refractivity (Wildman–Crippen MR) is 122 cm³/mol. The third-order valence-corrected chi connectivity index (χ3v) is 6.32. The van der Waals surface area contributed by atoms with Crippen molar-refractivity contribution in [2.75, 3.05) is 13.7 Å². The van der Waals surface area contributed by atoms with Crippen molar-refractivity contribution in [1.29, 1.82) is 0 Å². The number of esters is 1. The summed E-state index contributed by atoms with van der Waals surface area (Å²) in [6.07, 6.45) is 0.291. The summed E-state index contributed by atoms with van der Waals surface area (Å²) >= 11 is 6.49. The minimum absolute atomic E-state index is 0.305. The minimum atomic E-state index is -1.73. The Hall–Kier alpha value is -2.12. The number of hydrogen-bond donors (Lipinski definition) is 1. The molecule has 3 rings (SSSR count). The monoisotopic (exact) mass is 462 g/mol. The first-order chi connectivity index (χ1) is 15.1. The largest absolute Gasteiger partial charge is 0.494 e. The number of hydrogen-bond acceptors (Lipinski definition) is 6. The second-order valence-corrected chi connectivity index (χ2v) is 8.74. The molecule has 1 aliphatic rings. The first kappa shape index (κ1) is 24.5. The van der Waals surface area contributed by atoms with Crippen LogP contribution in [0.1, 0.15) is 50.8 Å². The van der Waals surface area contributed by atoms with Gasteiger partial charge in [0, 0.05) is 31.0 Å². The summed E-state index contributed by atoms with van der Waals surface area (Å²) in [6, 6.07) is 13.1. The third kappa shape index (κ3) is 5.26. The minimum Gasteiger partial charge on any atom is -0.494 e. The quantitative estimate of drug-likeness (QED) is 0.594. The topological polar surface area (TPSA) is 74.2 Å². The summed E-state index contributed by atoms with van der Waals surface area (Å²) in [6.45, 7) is 7.42. The molecule has 6 nitrogen and oxygen atoms in total. The van der Waals surface area contributed by atoms with Gasteiger partial charge in [-0.1, -0.05) is 36.7 Å².